The number of nitrogens with one attached hydrogen (secondary N) is 2. The topological polar surface area (TPSA) is 106 Å². The lowest BCUT2D eigenvalue weighted by atomic mass is 10.1. The fourth-order valence-corrected chi connectivity index (χ4v) is 1.17. The average Bonchev–Trinajstić information content (AvgIpc) is 2.28. The molecule has 0 bridgehead atoms. The van der Waals surface area contributed by atoms with Gasteiger partial charge in [-0.2, -0.15) is 0 Å². The molecule has 0 aliphatic carbocycles. The number of nitrogens with zero attached hydrogens (tertiary/aromatic N) is 2. The summed E-state index contributed by atoms with van der Waals surface area (Å²) >= 11 is 0. The maximum absolute atomic E-state index is 10.7. The van der Waals surface area contributed by atoms with E-state index in [-0.39, 0.29) is 17.5 Å². The van der Waals surface area contributed by atoms with Crippen molar-refractivity contribution in [2.45, 2.75) is 26.8 Å². The van der Waals surface area contributed by atoms with Gasteiger partial charge in [0.2, 0.25) is 0 Å². The van der Waals surface area contributed by atoms with Gasteiger partial charge in [0.15, 0.2) is 0 Å². The Morgan fingerprint density at radius 2 is 1.94 bits per heavy atom. The molecule has 94 valence electrons. The Kier molecular flexibility index (Phi) is 4.22. The van der Waals surface area contributed by atoms with E-state index in [1.54, 1.807) is 0 Å². The van der Waals surface area contributed by atoms with Gasteiger partial charge in [-0.25, -0.2) is 10.8 Å². The van der Waals surface area contributed by atoms with Crippen LogP contribution in [0.3, 0.4) is 0 Å². The van der Waals surface area contributed by atoms with Crippen LogP contribution < -0.4 is 16.6 Å². The van der Waals surface area contributed by atoms with E-state index in [0.717, 1.165) is 0 Å². The number of nitro groups is 1. The molecule has 17 heavy (non-hydrogen) atoms. The monoisotopic (exact) mass is 239 g/mol. The third kappa shape index (κ3) is 3.56. The van der Waals surface area contributed by atoms with Crippen LogP contribution in [-0.2, 0) is 0 Å². The quantitative estimate of drug-likeness (QED) is 0.410. The Hall–Kier alpha value is -1.89. The minimum Gasteiger partial charge on any atom is -0.367 e. The molecule has 0 saturated carbocycles. The van der Waals surface area contributed by atoms with Crippen LogP contribution in [0.5, 0.6) is 0 Å². The molecule has 1 unspecified atom stereocenters. The first-order valence-corrected chi connectivity index (χ1v) is 5.33. The molecule has 1 aromatic heterocycles. The van der Waals surface area contributed by atoms with Gasteiger partial charge in [-0.15, -0.1) is 0 Å². The van der Waals surface area contributed by atoms with E-state index in [1.165, 1.54) is 12.1 Å². The first-order chi connectivity index (χ1) is 7.93. The SMILES string of the molecule is CC(C)C(C)Nc1cc([N+](=O)[O-])cc(NN)n1. The van der Waals surface area contributed by atoms with Crippen molar-refractivity contribution >= 4 is 17.3 Å². The lowest BCUT2D eigenvalue weighted by Gasteiger charge is -2.18. The predicted octanol–water partition coefficient (Wildman–Crippen LogP) is 1.73. The Balaban J connectivity index is 2.98. The molecule has 0 spiro atoms. The van der Waals surface area contributed by atoms with Crippen molar-refractivity contribution in [2.24, 2.45) is 11.8 Å². The summed E-state index contributed by atoms with van der Waals surface area (Å²) in [7, 11) is 0. The van der Waals surface area contributed by atoms with Crippen LogP contribution in [0.15, 0.2) is 12.1 Å². The standard InChI is InChI=1S/C10H17N5O2/c1-6(2)7(3)12-9-4-8(15(16)17)5-10(13-9)14-11/h4-7H,11H2,1-3H3,(H2,12,13,14). The molecule has 0 aliphatic heterocycles. The van der Waals surface area contributed by atoms with Crippen molar-refractivity contribution in [2.75, 3.05) is 10.7 Å². The molecule has 0 radical (unpaired) electrons. The zero-order valence-corrected chi connectivity index (χ0v) is 10.1. The molecule has 1 heterocycles. The molecule has 0 saturated heterocycles. The average molecular weight is 239 g/mol. The summed E-state index contributed by atoms with van der Waals surface area (Å²) < 4.78 is 0. The normalized spacial score (nSPS) is 12.3. The molecule has 1 aromatic rings. The van der Waals surface area contributed by atoms with Crippen LogP contribution in [0.2, 0.25) is 0 Å². The van der Waals surface area contributed by atoms with Crippen molar-refractivity contribution < 1.29 is 4.92 Å². The molecule has 0 fully saturated rings. The lowest BCUT2D eigenvalue weighted by molar-refractivity contribution is -0.384. The van der Waals surface area contributed by atoms with Crippen LogP contribution in [0.1, 0.15) is 20.8 Å². The highest BCUT2D eigenvalue weighted by Gasteiger charge is 2.13. The number of hydrogen-bond acceptors (Lipinski definition) is 6. The van der Waals surface area contributed by atoms with Crippen LogP contribution >= 0.6 is 0 Å². The van der Waals surface area contributed by atoms with Gasteiger partial charge in [-0.05, 0) is 12.8 Å². The van der Waals surface area contributed by atoms with Gasteiger partial charge in [0.1, 0.15) is 11.6 Å². The number of aromatic nitrogens is 1. The Bertz CT molecular complexity index is 408. The smallest absolute Gasteiger partial charge is 0.276 e. The van der Waals surface area contributed by atoms with E-state index in [1.807, 2.05) is 6.92 Å². The number of anilines is 2. The summed E-state index contributed by atoms with van der Waals surface area (Å²) in [4.78, 5) is 14.3. The van der Waals surface area contributed by atoms with E-state index < -0.39 is 4.92 Å². The third-order valence-corrected chi connectivity index (χ3v) is 2.54. The molecule has 1 atom stereocenters. The van der Waals surface area contributed by atoms with Crippen molar-refractivity contribution in [3.63, 3.8) is 0 Å². The zero-order chi connectivity index (χ0) is 13.0. The molecule has 0 amide bonds. The van der Waals surface area contributed by atoms with Gasteiger partial charge in [0, 0.05) is 6.04 Å². The van der Waals surface area contributed by atoms with Crippen LogP contribution in [-0.4, -0.2) is 15.9 Å². The molecule has 7 heteroatoms. The lowest BCUT2D eigenvalue weighted by Crippen LogP contribution is -2.22. The highest BCUT2D eigenvalue weighted by molar-refractivity contribution is 5.54. The fraction of sp³-hybridized carbons (Fsp3) is 0.500. The number of hydrogen-bond donors (Lipinski definition) is 3. The zero-order valence-electron chi connectivity index (χ0n) is 10.1. The minimum atomic E-state index is -0.478. The van der Waals surface area contributed by atoms with Crippen LogP contribution in [0.25, 0.3) is 0 Å². The molecule has 0 aliphatic rings. The molecule has 0 aromatic carbocycles. The number of rotatable bonds is 5. The second-order valence-electron chi connectivity index (χ2n) is 4.17. The molecule has 4 N–H and O–H groups in total. The summed E-state index contributed by atoms with van der Waals surface area (Å²) in [6.07, 6.45) is 0. The van der Waals surface area contributed by atoms with E-state index >= 15 is 0 Å². The molecular weight excluding hydrogens is 222 g/mol. The summed E-state index contributed by atoms with van der Waals surface area (Å²) in [6.45, 7) is 6.09. The van der Waals surface area contributed by atoms with Crippen molar-refractivity contribution in [1.29, 1.82) is 0 Å². The number of nitrogens with two attached hydrogens (primary N) is 1. The van der Waals surface area contributed by atoms with E-state index in [4.69, 9.17) is 5.84 Å². The van der Waals surface area contributed by atoms with E-state index in [2.05, 4.69) is 29.6 Å². The van der Waals surface area contributed by atoms with Crippen molar-refractivity contribution in [3.05, 3.63) is 22.2 Å². The second-order valence-corrected chi connectivity index (χ2v) is 4.17. The van der Waals surface area contributed by atoms with Gasteiger partial charge in [-0.1, -0.05) is 13.8 Å². The summed E-state index contributed by atoms with van der Waals surface area (Å²) in [5, 5.41) is 13.8. The molecule has 7 nitrogen and oxygen atoms in total. The van der Waals surface area contributed by atoms with Crippen molar-refractivity contribution in [1.82, 2.24) is 4.98 Å². The van der Waals surface area contributed by atoms with Gasteiger partial charge in [0.25, 0.3) is 5.69 Å². The Morgan fingerprint density at radius 3 is 2.41 bits per heavy atom. The summed E-state index contributed by atoms with van der Waals surface area (Å²) in [6, 6.07) is 2.83. The minimum absolute atomic E-state index is 0.0496. The first kappa shape index (κ1) is 13.2. The fourth-order valence-electron chi connectivity index (χ4n) is 1.17. The maximum atomic E-state index is 10.7. The van der Waals surface area contributed by atoms with E-state index in [0.29, 0.717) is 11.7 Å². The number of hydrazine groups is 1. The Morgan fingerprint density at radius 1 is 1.35 bits per heavy atom. The first-order valence-electron chi connectivity index (χ1n) is 5.33. The van der Waals surface area contributed by atoms with Gasteiger partial charge >= 0.3 is 0 Å². The van der Waals surface area contributed by atoms with Crippen LogP contribution in [0.4, 0.5) is 17.3 Å². The van der Waals surface area contributed by atoms with E-state index in [9.17, 15) is 10.1 Å². The van der Waals surface area contributed by atoms with Gasteiger partial charge < -0.3 is 10.7 Å². The predicted molar refractivity (Wildman–Crippen MR) is 66.6 cm³/mol. The molecular formula is C10H17N5O2. The largest absolute Gasteiger partial charge is 0.367 e. The van der Waals surface area contributed by atoms with Crippen LogP contribution in [0, 0.1) is 16.0 Å². The molecule has 1 rings (SSSR count). The summed E-state index contributed by atoms with van der Waals surface area (Å²) in [5.74, 6) is 6.31. The number of pyridine rings is 1. The van der Waals surface area contributed by atoms with Gasteiger partial charge in [-0.3, -0.25) is 10.1 Å². The van der Waals surface area contributed by atoms with Gasteiger partial charge in [0.05, 0.1) is 17.1 Å². The second kappa shape index (κ2) is 5.44. The van der Waals surface area contributed by atoms with Crippen molar-refractivity contribution in [3.8, 4) is 0 Å². The highest BCUT2D eigenvalue weighted by atomic mass is 16.6. The summed E-state index contributed by atoms with van der Waals surface area (Å²) in [5.41, 5.74) is 2.26. The maximum Gasteiger partial charge on any atom is 0.276 e. The highest BCUT2D eigenvalue weighted by Crippen LogP contribution is 2.21. The number of nitrogen functional groups attached to an aromatic ring is 1. The Labute approximate surface area is 99.5 Å². The third-order valence-electron chi connectivity index (χ3n) is 2.54.